The van der Waals surface area contributed by atoms with Crippen molar-refractivity contribution in [3.63, 3.8) is 0 Å². The number of hydrogen-bond donors (Lipinski definition) is 2. The fraction of sp³-hybridized carbons (Fsp3) is 0.650. The Balaban J connectivity index is 3.26. The second-order valence-corrected chi connectivity index (χ2v) is 6.40. The Morgan fingerprint density at radius 3 is 1.92 bits per heavy atom. The van der Waals surface area contributed by atoms with E-state index in [-0.39, 0.29) is 18.4 Å². The van der Waals surface area contributed by atoms with Crippen LogP contribution in [0.1, 0.15) is 52.5 Å². The van der Waals surface area contributed by atoms with Crippen molar-refractivity contribution in [1.29, 1.82) is 0 Å². The van der Waals surface area contributed by atoms with Crippen molar-refractivity contribution in [2.75, 3.05) is 26.4 Å². The maximum absolute atomic E-state index is 11.3. The molecule has 1 aromatic rings. The van der Waals surface area contributed by atoms with Crippen LogP contribution in [-0.2, 0) is 4.79 Å². The third-order valence-corrected chi connectivity index (χ3v) is 4.59. The van der Waals surface area contributed by atoms with Gasteiger partial charge < -0.3 is 25.1 Å². The third kappa shape index (κ3) is 5.80. The van der Waals surface area contributed by atoms with E-state index in [0.29, 0.717) is 32.0 Å². The topological polar surface area (TPSA) is 91.0 Å². The minimum atomic E-state index is -0.853. The predicted octanol–water partition coefficient (Wildman–Crippen LogP) is 3.67. The van der Waals surface area contributed by atoms with Crippen molar-refractivity contribution in [2.24, 2.45) is 17.6 Å². The van der Waals surface area contributed by atoms with Gasteiger partial charge in [-0.3, -0.25) is 4.79 Å². The van der Waals surface area contributed by atoms with Gasteiger partial charge >= 0.3 is 5.97 Å². The standard InChI is InChI=1S/C20H33NO5/c1-6-24-16-10-17(25-7-2)19(18(11-16)26-8-3)14(5)13(4)9-15(12-21)20(22)23/h10-11,13-15H,6-9,12,21H2,1-5H3,(H,22,23). The highest BCUT2D eigenvalue weighted by Crippen LogP contribution is 2.43. The first-order valence-corrected chi connectivity index (χ1v) is 9.38. The number of ether oxygens (including phenoxy) is 3. The zero-order valence-electron chi connectivity index (χ0n) is 16.6. The third-order valence-electron chi connectivity index (χ3n) is 4.59. The van der Waals surface area contributed by atoms with Crippen LogP contribution >= 0.6 is 0 Å². The van der Waals surface area contributed by atoms with E-state index in [0.717, 1.165) is 17.1 Å². The zero-order chi connectivity index (χ0) is 19.7. The van der Waals surface area contributed by atoms with Crippen molar-refractivity contribution in [3.05, 3.63) is 17.7 Å². The Morgan fingerprint density at radius 2 is 1.54 bits per heavy atom. The van der Waals surface area contributed by atoms with Crippen molar-refractivity contribution in [1.82, 2.24) is 0 Å². The van der Waals surface area contributed by atoms with E-state index in [1.54, 1.807) is 0 Å². The van der Waals surface area contributed by atoms with Crippen molar-refractivity contribution in [3.8, 4) is 17.2 Å². The van der Waals surface area contributed by atoms with Gasteiger partial charge in [0.25, 0.3) is 0 Å². The molecule has 3 unspecified atom stereocenters. The summed E-state index contributed by atoms with van der Waals surface area (Å²) in [6.45, 7) is 11.6. The van der Waals surface area contributed by atoms with Gasteiger partial charge in [0.15, 0.2) is 0 Å². The molecule has 0 heterocycles. The van der Waals surface area contributed by atoms with Crippen molar-refractivity contribution in [2.45, 2.75) is 47.0 Å². The molecule has 3 N–H and O–H groups in total. The smallest absolute Gasteiger partial charge is 0.307 e. The molecular weight excluding hydrogens is 334 g/mol. The molecule has 0 radical (unpaired) electrons. The fourth-order valence-electron chi connectivity index (χ4n) is 3.06. The molecular formula is C20H33NO5. The number of hydrogen-bond acceptors (Lipinski definition) is 5. The lowest BCUT2D eigenvalue weighted by atomic mass is 9.82. The van der Waals surface area contributed by atoms with E-state index in [1.807, 2.05) is 39.8 Å². The quantitative estimate of drug-likeness (QED) is 0.586. The number of benzene rings is 1. The molecule has 1 aromatic carbocycles. The second kappa shape index (κ2) is 10.9. The van der Waals surface area contributed by atoms with Gasteiger partial charge in [0.2, 0.25) is 0 Å². The first-order valence-electron chi connectivity index (χ1n) is 9.38. The Hall–Kier alpha value is -1.95. The summed E-state index contributed by atoms with van der Waals surface area (Å²) in [4.78, 5) is 11.3. The normalized spacial score (nSPS) is 14.4. The summed E-state index contributed by atoms with van der Waals surface area (Å²) in [5.41, 5.74) is 6.57. The molecule has 0 aliphatic heterocycles. The SMILES string of the molecule is CCOc1cc(OCC)c(C(C)C(C)CC(CN)C(=O)O)c(OCC)c1. The van der Waals surface area contributed by atoms with Gasteiger partial charge in [-0.15, -0.1) is 0 Å². The second-order valence-electron chi connectivity index (χ2n) is 6.40. The van der Waals surface area contributed by atoms with Crippen LogP contribution in [0.25, 0.3) is 0 Å². The molecule has 148 valence electrons. The van der Waals surface area contributed by atoms with Crippen LogP contribution in [0.5, 0.6) is 17.2 Å². The molecule has 26 heavy (non-hydrogen) atoms. The molecule has 1 rings (SSSR count). The summed E-state index contributed by atoms with van der Waals surface area (Å²) in [5, 5.41) is 9.30. The maximum Gasteiger partial charge on any atom is 0.307 e. The molecule has 0 aliphatic carbocycles. The number of carboxylic acid groups (broad SMARTS) is 1. The highest BCUT2D eigenvalue weighted by Gasteiger charge is 2.28. The molecule has 0 spiro atoms. The van der Waals surface area contributed by atoms with Gasteiger partial charge in [-0.05, 0) is 39.0 Å². The van der Waals surface area contributed by atoms with E-state index >= 15 is 0 Å². The molecule has 6 heteroatoms. The number of nitrogens with two attached hydrogens (primary N) is 1. The van der Waals surface area contributed by atoms with Crippen LogP contribution in [0.3, 0.4) is 0 Å². The van der Waals surface area contributed by atoms with Crippen LogP contribution < -0.4 is 19.9 Å². The van der Waals surface area contributed by atoms with Crippen molar-refractivity contribution >= 4 is 5.97 Å². The molecule has 0 amide bonds. The van der Waals surface area contributed by atoms with Crippen LogP contribution in [0, 0.1) is 11.8 Å². The predicted molar refractivity (Wildman–Crippen MR) is 102 cm³/mol. The lowest BCUT2D eigenvalue weighted by Gasteiger charge is -2.27. The molecule has 0 aliphatic rings. The van der Waals surface area contributed by atoms with Gasteiger partial charge in [0.1, 0.15) is 17.2 Å². The molecule has 0 fully saturated rings. The fourth-order valence-corrected chi connectivity index (χ4v) is 3.06. The highest BCUT2D eigenvalue weighted by atomic mass is 16.5. The number of carboxylic acids is 1. The summed E-state index contributed by atoms with van der Waals surface area (Å²) in [7, 11) is 0. The molecule has 0 saturated heterocycles. The molecule has 3 atom stereocenters. The van der Waals surface area contributed by atoms with E-state index in [2.05, 4.69) is 6.92 Å². The minimum absolute atomic E-state index is 0.0437. The van der Waals surface area contributed by atoms with Gasteiger partial charge in [0, 0.05) is 24.2 Å². The van der Waals surface area contributed by atoms with Gasteiger partial charge in [-0.2, -0.15) is 0 Å². The zero-order valence-corrected chi connectivity index (χ0v) is 16.6. The summed E-state index contributed by atoms with van der Waals surface area (Å²) in [6.07, 6.45) is 0.497. The average molecular weight is 367 g/mol. The molecule has 0 aromatic heterocycles. The monoisotopic (exact) mass is 367 g/mol. The van der Waals surface area contributed by atoms with Crippen LogP contribution in [0.4, 0.5) is 0 Å². The lowest BCUT2D eigenvalue weighted by molar-refractivity contribution is -0.142. The Labute approximate surface area is 156 Å². The first kappa shape index (κ1) is 22.1. The summed E-state index contributed by atoms with van der Waals surface area (Å²) < 4.78 is 17.4. The lowest BCUT2D eigenvalue weighted by Crippen LogP contribution is -2.26. The van der Waals surface area contributed by atoms with Crippen molar-refractivity contribution < 1.29 is 24.1 Å². The Bertz CT molecular complexity index is 548. The minimum Gasteiger partial charge on any atom is -0.494 e. The Morgan fingerprint density at radius 1 is 1.04 bits per heavy atom. The first-order chi connectivity index (χ1) is 12.4. The molecule has 6 nitrogen and oxygen atoms in total. The largest absolute Gasteiger partial charge is 0.494 e. The maximum atomic E-state index is 11.3. The van der Waals surface area contributed by atoms with Crippen LogP contribution in [0.15, 0.2) is 12.1 Å². The summed E-state index contributed by atoms with van der Waals surface area (Å²) in [6, 6.07) is 3.76. The summed E-state index contributed by atoms with van der Waals surface area (Å²) >= 11 is 0. The van der Waals surface area contributed by atoms with Gasteiger partial charge in [-0.1, -0.05) is 13.8 Å². The molecule has 0 bridgehead atoms. The van der Waals surface area contributed by atoms with E-state index in [4.69, 9.17) is 19.9 Å². The van der Waals surface area contributed by atoms with Gasteiger partial charge in [0.05, 0.1) is 25.7 Å². The molecule has 0 saturated carbocycles. The average Bonchev–Trinajstić information content (AvgIpc) is 2.59. The van der Waals surface area contributed by atoms with E-state index in [9.17, 15) is 9.90 Å². The Kier molecular flexibility index (Phi) is 9.27. The highest BCUT2D eigenvalue weighted by molar-refractivity contribution is 5.70. The van der Waals surface area contributed by atoms with Crippen LogP contribution in [0.2, 0.25) is 0 Å². The number of carbonyl (C=O) groups is 1. The van der Waals surface area contributed by atoms with E-state index < -0.39 is 11.9 Å². The van der Waals surface area contributed by atoms with Crippen LogP contribution in [-0.4, -0.2) is 37.4 Å². The number of aliphatic carboxylic acids is 1. The van der Waals surface area contributed by atoms with Gasteiger partial charge in [-0.25, -0.2) is 0 Å². The summed E-state index contributed by atoms with van der Waals surface area (Å²) in [5.74, 6) is 0.878. The number of rotatable bonds is 12. The van der Waals surface area contributed by atoms with E-state index in [1.165, 1.54) is 0 Å².